The van der Waals surface area contributed by atoms with Crippen molar-refractivity contribution in [3.63, 3.8) is 0 Å². The van der Waals surface area contributed by atoms with Crippen LogP contribution < -0.4 is 5.32 Å². The van der Waals surface area contributed by atoms with Crippen LogP contribution in [0.1, 0.15) is 56.1 Å². The first-order valence-corrected chi connectivity index (χ1v) is 14.7. The van der Waals surface area contributed by atoms with Gasteiger partial charge < -0.3 is 29.3 Å². The van der Waals surface area contributed by atoms with Crippen LogP contribution >= 0.6 is 11.6 Å². The second-order valence-electron chi connectivity index (χ2n) is 11.9. The molecule has 43 heavy (non-hydrogen) atoms. The van der Waals surface area contributed by atoms with Gasteiger partial charge in [-0.15, -0.1) is 0 Å². The van der Waals surface area contributed by atoms with Crippen LogP contribution in [0.4, 0.5) is 24.2 Å². The summed E-state index contributed by atoms with van der Waals surface area (Å²) in [5, 5.41) is 3.31. The molecule has 0 bridgehead atoms. The summed E-state index contributed by atoms with van der Waals surface area (Å²) >= 11 is 6.24. The third kappa shape index (κ3) is 6.94. The molecule has 14 heteroatoms. The maximum absolute atomic E-state index is 16.0. The van der Waals surface area contributed by atoms with E-state index < -0.39 is 29.7 Å². The number of carbonyl (C=O) groups is 2. The number of alkyl halides is 2. The van der Waals surface area contributed by atoms with Gasteiger partial charge in [0.05, 0.1) is 45.2 Å². The fraction of sp³-hybridized carbons (Fsp3) is 0.586. The number of urea groups is 1. The molecule has 11 nitrogen and oxygen atoms in total. The first-order valence-electron chi connectivity index (χ1n) is 14.3. The van der Waals surface area contributed by atoms with E-state index in [2.05, 4.69) is 15.3 Å². The van der Waals surface area contributed by atoms with Gasteiger partial charge in [0.2, 0.25) is 5.28 Å². The van der Waals surface area contributed by atoms with Crippen LogP contribution in [0, 0.1) is 0 Å². The Morgan fingerprint density at radius 2 is 1.79 bits per heavy atom. The third-order valence-corrected chi connectivity index (χ3v) is 7.78. The van der Waals surface area contributed by atoms with Crippen molar-refractivity contribution in [1.82, 2.24) is 24.7 Å². The molecule has 4 heterocycles. The van der Waals surface area contributed by atoms with Crippen molar-refractivity contribution in [3.8, 4) is 0 Å². The van der Waals surface area contributed by atoms with Gasteiger partial charge in [-0.25, -0.2) is 19.6 Å². The summed E-state index contributed by atoms with van der Waals surface area (Å²) in [4.78, 5) is 39.1. The summed E-state index contributed by atoms with van der Waals surface area (Å²) in [6.45, 7) is 9.31. The van der Waals surface area contributed by atoms with Gasteiger partial charge in [0.15, 0.2) is 0 Å². The Hall–Kier alpha value is -3.29. The summed E-state index contributed by atoms with van der Waals surface area (Å²) in [5.74, 6) is -2.99. The van der Waals surface area contributed by atoms with E-state index in [1.807, 2.05) is 6.92 Å². The fourth-order valence-electron chi connectivity index (χ4n) is 5.37. The van der Waals surface area contributed by atoms with E-state index in [1.165, 1.54) is 12.1 Å². The van der Waals surface area contributed by atoms with E-state index in [0.717, 1.165) is 10.5 Å². The molecule has 3 aliphatic heterocycles. The minimum atomic E-state index is -3.42. The normalized spacial score (nSPS) is 20.1. The fourth-order valence-corrected chi connectivity index (χ4v) is 5.56. The molecule has 0 radical (unpaired) electrons. The number of nitrogens with zero attached hydrogens (tertiary/aromatic N) is 5. The van der Waals surface area contributed by atoms with Gasteiger partial charge in [-0.1, -0.05) is 18.2 Å². The average molecular weight is 623 g/mol. The highest BCUT2D eigenvalue weighted by atomic mass is 35.5. The van der Waals surface area contributed by atoms with Crippen molar-refractivity contribution < 1.29 is 32.6 Å². The molecule has 3 amide bonds. The van der Waals surface area contributed by atoms with E-state index in [4.69, 9.17) is 25.8 Å². The van der Waals surface area contributed by atoms with Crippen molar-refractivity contribution >= 4 is 29.5 Å². The average Bonchev–Trinajstić information content (AvgIpc) is 3.40. The lowest BCUT2D eigenvalue weighted by Crippen LogP contribution is -2.56. The lowest BCUT2D eigenvalue weighted by Gasteiger charge is -2.40. The largest absolute Gasteiger partial charge is 0.444 e. The molecule has 2 saturated heterocycles. The van der Waals surface area contributed by atoms with E-state index in [-0.39, 0.29) is 49.7 Å². The van der Waals surface area contributed by atoms with Gasteiger partial charge >= 0.3 is 12.1 Å². The molecule has 1 aromatic heterocycles. The Bertz CT molecular complexity index is 1350. The number of benzene rings is 1. The standard InChI is InChI=1S/C29H37ClF2N6O5/c1-18(33-24-21-15-37(16-22(21)34-25(30)35-24)26(39)36-8-11-41-12-9-36)19-6-5-7-20(14-19)29(31,32)23-17-42-13-10-38(23)27(40)43-28(2,3)4/h5-7,14,18,23H,8-13,15-17H2,1-4H3,(H,33,34,35)/t18-,23?/m1/s1. The number of rotatable bonds is 5. The Labute approximate surface area is 254 Å². The van der Waals surface area contributed by atoms with Crippen LogP contribution in [0.5, 0.6) is 0 Å². The van der Waals surface area contributed by atoms with Crippen molar-refractivity contribution in [1.29, 1.82) is 0 Å². The molecule has 0 saturated carbocycles. The second kappa shape index (κ2) is 12.4. The molecule has 0 aliphatic carbocycles. The Kier molecular flexibility index (Phi) is 8.96. The predicted molar refractivity (Wildman–Crippen MR) is 154 cm³/mol. The number of fused-ring (bicyclic) bond motifs is 1. The number of amides is 3. The molecular weight excluding hydrogens is 586 g/mol. The number of hydrogen-bond acceptors (Lipinski definition) is 8. The third-order valence-electron chi connectivity index (χ3n) is 7.61. The highest BCUT2D eigenvalue weighted by Crippen LogP contribution is 2.38. The van der Waals surface area contributed by atoms with Crippen molar-refractivity contribution in [3.05, 3.63) is 51.9 Å². The van der Waals surface area contributed by atoms with Gasteiger partial charge in [-0.05, 0) is 50.9 Å². The highest BCUT2D eigenvalue weighted by molar-refractivity contribution is 6.28. The molecule has 2 aromatic rings. The molecule has 0 spiro atoms. The molecule has 1 unspecified atom stereocenters. The minimum Gasteiger partial charge on any atom is -0.444 e. The zero-order chi connectivity index (χ0) is 30.9. The Morgan fingerprint density at radius 1 is 1.07 bits per heavy atom. The van der Waals surface area contributed by atoms with Crippen molar-refractivity contribution in [2.75, 3.05) is 51.4 Å². The quantitative estimate of drug-likeness (QED) is 0.474. The van der Waals surface area contributed by atoms with Gasteiger partial charge in [0.25, 0.3) is 5.92 Å². The van der Waals surface area contributed by atoms with Crippen LogP contribution in [0.3, 0.4) is 0 Å². The minimum absolute atomic E-state index is 0.00252. The Balaban J connectivity index is 1.33. The SMILES string of the molecule is C[C@@H](Nc1nc(Cl)nc2c1CN(C(=O)N1CCOCC1)C2)c1cccc(C(F)(F)C2COCCN2C(=O)OC(C)(C)C)c1. The van der Waals surface area contributed by atoms with Crippen LogP contribution in [-0.2, 0) is 33.2 Å². The van der Waals surface area contributed by atoms with Crippen molar-refractivity contribution in [2.45, 2.75) is 64.4 Å². The van der Waals surface area contributed by atoms with Crippen LogP contribution in [0.2, 0.25) is 5.28 Å². The van der Waals surface area contributed by atoms with Gasteiger partial charge in [0.1, 0.15) is 17.5 Å². The maximum Gasteiger partial charge on any atom is 0.410 e. The molecule has 2 atom stereocenters. The van der Waals surface area contributed by atoms with E-state index in [9.17, 15) is 9.59 Å². The number of anilines is 1. The number of nitrogens with one attached hydrogen (secondary N) is 1. The maximum atomic E-state index is 16.0. The van der Waals surface area contributed by atoms with E-state index in [1.54, 1.807) is 42.7 Å². The van der Waals surface area contributed by atoms with Gasteiger partial charge in [-0.3, -0.25) is 4.90 Å². The molecule has 234 valence electrons. The smallest absolute Gasteiger partial charge is 0.410 e. The summed E-state index contributed by atoms with van der Waals surface area (Å²) in [6, 6.07) is 3.94. The van der Waals surface area contributed by atoms with E-state index in [0.29, 0.717) is 43.4 Å². The first kappa shape index (κ1) is 31.1. The lowest BCUT2D eigenvalue weighted by atomic mass is 9.96. The summed E-state index contributed by atoms with van der Waals surface area (Å²) in [5.41, 5.74) is 0.854. The first-order chi connectivity index (χ1) is 20.3. The van der Waals surface area contributed by atoms with Crippen LogP contribution in [0.15, 0.2) is 24.3 Å². The number of morpholine rings is 2. The highest BCUT2D eigenvalue weighted by Gasteiger charge is 2.49. The van der Waals surface area contributed by atoms with Crippen molar-refractivity contribution in [2.24, 2.45) is 0 Å². The van der Waals surface area contributed by atoms with Gasteiger partial charge in [-0.2, -0.15) is 8.78 Å². The zero-order valence-electron chi connectivity index (χ0n) is 24.7. The predicted octanol–water partition coefficient (Wildman–Crippen LogP) is 4.80. The summed E-state index contributed by atoms with van der Waals surface area (Å²) in [6.07, 6.45) is -0.803. The second-order valence-corrected chi connectivity index (χ2v) is 12.2. The van der Waals surface area contributed by atoms with Gasteiger partial charge in [0, 0.05) is 36.8 Å². The Morgan fingerprint density at radius 3 is 2.51 bits per heavy atom. The monoisotopic (exact) mass is 622 g/mol. The lowest BCUT2D eigenvalue weighted by molar-refractivity contribution is -0.137. The number of carbonyl (C=O) groups excluding carboxylic acids is 2. The number of aromatic nitrogens is 2. The van der Waals surface area contributed by atoms with E-state index >= 15 is 8.78 Å². The molecule has 1 aromatic carbocycles. The molecule has 5 rings (SSSR count). The summed E-state index contributed by atoms with van der Waals surface area (Å²) in [7, 11) is 0. The number of hydrogen-bond donors (Lipinski definition) is 1. The molecule has 2 fully saturated rings. The zero-order valence-corrected chi connectivity index (χ0v) is 25.5. The molecule has 3 aliphatic rings. The number of halogens is 3. The molecule has 1 N–H and O–H groups in total. The summed E-state index contributed by atoms with van der Waals surface area (Å²) < 4.78 is 48.2. The molecular formula is C29H37ClF2N6O5. The number of ether oxygens (including phenoxy) is 3. The topological polar surface area (TPSA) is 109 Å². The van der Waals surface area contributed by atoms with Crippen LogP contribution in [0.25, 0.3) is 0 Å². The van der Waals surface area contributed by atoms with Crippen LogP contribution in [-0.4, -0.2) is 94.5 Å².